The SMILES string of the molecule is CCC1CCC(n2cc3cc(NC(=O)c4cncc(C(F)(F)F)c4)c(F)cc3n2)CC1. The third-order valence-electron chi connectivity index (χ3n) is 5.95. The Morgan fingerprint density at radius 1 is 1.16 bits per heavy atom. The fourth-order valence-corrected chi connectivity index (χ4v) is 4.08. The number of pyridine rings is 1. The Bertz CT molecular complexity index is 1100. The van der Waals surface area contributed by atoms with Gasteiger partial charge in [-0.3, -0.25) is 14.5 Å². The molecule has 2 aromatic heterocycles. The van der Waals surface area contributed by atoms with Crippen molar-refractivity contribution in [2.24, 2.45) is 5.92 Å². The molecule has 0 radical (unpaired) electrons. The Balaban J connectivity index is 1.55. The lowest BCUT2D eigenvalue weighted by Gasteiger charge is -2.27. The molecule has 1 saturated carbocycles. The first-order chi connectivity index (χ1) is 14.7. The number of amides is 1. The van der Waals surface area contributed by atoms with Gasteiger partial charge in [0.15, 0.2) is 0 Å². The van der Waals surface area contributed by atoms with Crippen LogP contribution >= 0.6 is 0 Å². The molecule has 9 heteroatoms. The summed E-state index contributed by atoms with van der Waals surface area (Å²) in [5, 5.41) is 7.48. The number of carbonyl (C=O) groups excluding carboxylic acids is 1. The highest BCUT2D eigenvalue weighted by atomic mass is 19.4. The van der Waals surface area contributed by atoms with Crippen LogP contribution in [-0.4, -0.2) is 20.7 Å². The zero-order chi connectivity index (χ0) is 22.2. The molecule has 31 heavy (non-hydrogen) atoms. The van der Waals surface area contributed by atoms with Crippen LogP contribution in [0, 0.1) is 11.7 Å². The molecule has 0 atom stereocenters. The number of hydrogen-bond acceptors (Lipinski definition) is 3. The molecule has 1 aromatic carbocycles. The summed E-state index contributed by atoms with van der Waals surface area (Å²) < 4.78 is 55.0. The average Bonchev–Trinajstić information content (AvgIpc) is 3.16. The second kappa shape index (κ2) is 8.28. The van der Waals surface area contributed by atoms with Crippen LogP contribution in [-0.2, 0) is 6.18 Å². The quantitative estimate of drug-likeness (QED) is 0.514. The summed E-state index contributed by atoms with van der Waals surface area (Å²) in [6, 6.07) is 3.62. The normalized spacial score (nSPS) is 19.5. The summed E-state index contributed by atoms with van der Waals surface area (Å²) in [5.74, 6) is -0.839. The smallest absolute Gasteiger partial charge is 0.319 e. The number of anilines is 1. The summed E-state index contributed by atoms with van der Waals surface area (Å²) in [4.78, 5) is 15.9. The molecule has 0 spiro atoms. The van der Waals surface area contributed by atoms with Crippen LogP contribution in [0.15, 0.2) is 36.8 Å². The minimum atomic E-state index is -4.63. The van der Waals surface area contributed by atoms with Gasteiger partial charge in [-0.1, -0.05) is 13.3 Å². The van der Waals surface area contributed by atoms with Crippen LogP contribution in [0.1, 0.15) is 61.0 Å². The van der Waals surface area contributed by atoms with E-state index in [0.717, 1.165) is 37.8 Å². The Labute approximate surface area is 176 Å². The number of rotatable bonds is 4. The lowest BCUT2D eigenvalue weighted by atomic mass is 9.85. The second-order valence-corrected chi connectivity index (χ2v) is 8.00. The largest absolute Gasteiger partial charge is 0.417 e. The van der Waals surface area contributed by atoms with Crippen LogP contribution in [0.4, 0.5) is 23.2 Å². The fraction of sp³-hybridized carbons (Fsp3) is 0.409. The molecule has 1 aliphatic carbocycles. The molecule has 1 aliphatic rings. The van der Waals surface area contributed by atoms with E-state index < -0.39 is 23.5 Å². The predicted octanol–water partition coefficient (Wildman–Crippen LogP) is 5.98. The number of nitrogens with one attached hydrogen (secondary N) is 1. The third-order valence-corrected chi connectivity index (χ3v) is 5.95. The number of halogens is 4. The van der Waals surface area contributed by atoms with E-state index in [2.05, 4.69) is 22.3 Å². The summed E-state index contributed by atoms with van der Waals surface area (Å²) in [6.45, 7) is 2.20. The van der Waals surface area contributed by atoms with Crippen LogP contribution in [0.3, 0.4) is 0 Å². The van der Waals surface area contributed by atoms with Crippen molar-refractivity contribution in [1.29, 1.82) is 0 Å². The maximum atomic E-state index is 14.6. The molecule has 1 amide bonds. The van der Waals surface area contributed by atoms with Gasteiger partial charge in [0.2, 0.25) is 0 Å². The molecule has 3 aromatic rings. The van der Waals surface area contributed by atoms with Gasteiger partial charge in [-0.2, -0.15) is 18.3 Å². The van der Waals surface area contributed by atoms with E-state index in [4.69, 9.17) is 0 Å². The van der Waals surface area contributed by atoms with E-state index in [9.17, 15) is 22.4 Å². The lowest BCUT2D eigenvalue weighted by Crippen LogP contribution is -2.18. The lowest BCUT2D eigenvalue weighted by molar-refractivity contribution is -0.137. The van der Waals surface area contributed by atoms with Gasteiger partial charge in [0.1, 0.15) is 5.82 Å². The topological polar surface area (TPSA) is 59.8 Å². The molecule has 0 unspecified atom stereocenters. The average molecular weight is 434 g/mol. The van der Waals surface area contributed by atoms with Gasteiger partial charge in [-0.15, -0.1) is 0 Å². The first-order valence-electron chi connectivity index (χ1n) is 10.3. The number of aromatic nitrogens is 3. The summed E-state index contributed by atoms with van der Waals surface area (Å²) >= 11 is 0. The van der Waals surface area contributed by atoms with Crippen LogP contribution < -0.4 is 5.32 Å². The number of fused-ring (bicyclic) bond motifs is 1. The highest BCUT2D eigenvalue weighted by Crippen LogP contribution is 2.34. The molecule has 4 rings (SSSR count). The maximum absolute atomic E-state index is 14.6. The van der Waals surface area contributed by atoms with Crippen LogP contribution in [0.2, 0.25) is 0 Å². The Hall–Kier alpha value is -2.97. The third kappa shape index (κ3) is 4.55. The van der Waals surface area contributed by atoms with Gasteiger partial charge in [0.25, 0.3) is 5.91 Å². The van der Waals surface area contributed by atoms with Gasteiger partial charge >= 0.3 is 6.18 Å². The highest BCUT2D eigenvalue weighted by Gasteiger charge is 2.31. The van der Waals surface area contributed by atoms with Crippen molar-refractivity contribution < 1.29 is 22.4 Å². The van der Waals surface area contributed by atoms with Crippen LogP contribution in [0.25, 0.3) is 10.9 Å². The number of benzene rings is 1. The minimum absolute atomic E-state index is 0.121. The number of nitrogens with zero attached hydrogens (tertiary/aromatic N) is 3. The van der Waals surface area contributed by atoms with Gasteiger partial charge in [0, 0.05) is 30.0 Å². The number of hydrogen-bond donors (Lipinski definition) is 1. The van der Waals surface area contributed by atoms with Crippen molar-refractivity contribution in [2.75, 3.05) is 5.32 Å². The van der Waals surface area contributed by atoms with Gasteiger partial charge in [-0.25, -0.2) is 4.39 Å². The maximum Gasteiger partial charge on any atom is 0.417 e. The fourth-order valence-electron chi connectivity index (χ4n) is 4.08. The Kier molecular flexibility index (Phi) is 5.68. The molecular weight excluding hydrogens is 412 g/mol. The Morgan fingerprint density at radius 3 is 2.58 bits per heavy atom. The molecule has 1 fully saturated rings. The molecular formula is C22H22F4N4O. The van der Waals surface area contributed by atoms with E-state index in [-0.39, 0.29) is 17.3 Å². The minimum Gasteiger partial charge on any atom is -0.319 e. The monoisotopic (exact) mass is 434 g/mol. The molecule has 164 valence electrons. The molecule has 2 heterocycles. The molecule has 5 nitrogen and oxygen atoms in total. The molecule has 1 N–H and O–H groups in total. The summed E-state index contributed by atoms with van der Waals surface area (Å²) in [5.41, 5.74) is -1.01. The number of carbonyl (C=O) groups is 1. The molecule has 0 bridgehead atoms. The van der Waals surface area contributed by atoms with Gasteiger partial charge < -0.3 is 5.32 Å². The van der Waals surface area contributed by atoms with E-state index >= 15 is 0 Å². The van der Waals surface area contributed by atoms with Crippen molar-refractivity contribution in [3.05, 3.63) is 53.7 Å². The predicted molar refractivity (Wildman–Crippen MR) is 108 cm³/mol. The van der Waals surface area contributed by atoms with E-state index in [0.29, 0.717) is 23.2 Å². The van der Waals surface area contributed by atoms with Crippen molar-refractivity contribution in [3.63, 3.8) is 0 Å². The van der Waals surface area contributed by atoms with Crippen molar-refractivity contribution in [2.45, 2.75) is 51.2 Å². The van der Waals surface area contributed by atoms with E-state index in [1.165, 1.54) is 18.6 Å². The standard InChI is InChI=1S/C22H22F4N4O/c1-2-13-3-5-17(6-4-13)30-12-15-8-20(18(23)9-19(15)29-30)28-21(31)14-7-16(11-27-10-14)22(24,25)26/h7-13,17H,2-6H2,1H3,(H,28,31). The number of alkyl halides is 3. The van der Waals surface area contributed by atoms with Gasteiger partial charge in [0.05, 0.1) is 28.4 Å². The highest BCUT2D eigenvalue weighted by molar-refractivity contribution is 6.05. The Morgan fingerprint density at radius 2 is 1.90 bits per heavy atom. The van der Waals surface area contributed by atoms with Crippen molar-refractivity contribution in [1.82, 2.24) is 14.8 Å². The first-order valence-corrected chi connectivity index (χ1v) is 10.3. The summed E-state index contributed by atoms with van der Waals surface area (Å²) in [7, 11) is 0. The first kappa shape index (κ1) is 21.3. The van der Waals surface area contributed by atoms with Crippen LogP contribution in [0.5, 0.6) is 0 Å². The van der Waals surface area contributed by atoms with Gasteiger partial charge in [-0.05, 0) is 43.7 Å². The molecule has 0 saturated heterocycles. The molecule has 0 aliphatic heterocycles. The van der Waals surface area contributed by atoms with E-state index in [1.54, 1.807) is 0 Å². The summed E-state index contributed by atoms with van der Waals surface area (Å²) in [6.07, 6.45) is 4.31. The zero-order valence-electron chi connectivity index (χ0n) is 16.9. The van der Waals surface area contributed by atoms with Crippen molar-refractivity contribution in [3.8, 4) is 0 Å². The van der Waals surface area contributed by atoms with E-state index in [1.807, 2.05) is 10.9 Å². The zero-order valence-corrected chi connectivity index (χ0v) is 16.9. The van der Waals surface area contributed by atoms with Crippen molar-refractivity contribution >= 4 is 22.5 Å². The second-order valence-electron chi connectivity index (χ2n) is 8.00.